The van der Waals surface area contributed by atoms with Crippen LogP contribution in [-0.2, 0) is 53.0 Å². The molecule has 0 spiro atoms. The van der Waals surface area contributed by atoms with Crippen molar-refractivity contribution in [1.82, 2.24) is 0 Å². The Morgan fingerprint density at radius 2 is 0.444 bits per heavy atom. The Balaban J connectivity index is 0.000000741. The van der Waals surface area contributed by atoms with Crippen molar-refractivity contribution < 1.29 is 19.1 Å². The number of rotatable bonds is 70. The van der Waals surface area contributed by atoms with E-state index in [1.807, 2.05) is 0 Å². The van der Waals surface area contributed by atoms with Crippen LogP contribution in [0.1, 0.15) is 499 Å². The Labute approximate surface area is 627 Å². The zero-order chi connectivity index (χ0) is 71.5. The van der Waals surface area contributed by atoms with Crippen LogP contribution in [0.15, 0.2) is 57.7 Å². The van der Waals surface area contributed by atoms with E-state index < -0.39 is 0 Å². The summed E-state index contributed by atoms with van der Waals surface area (Å²) in [6.07, 6.45) is 92.8. The molecule has 0 unspecified atom stereocenters. The average Bonchev–Trinajstić information content (AvgIpc) is 1.61. The summed E-state index contributed by atoms with van der Waals surface area (Å²) in [5.41, 5.74) is 30.3. The summed E-state index contributed by atoms with van der Waals surface area (Å²) in [5, 5.41) is 4.64. The molecule has 0 N–H and O–H groups in total. The van der Waals surface area contributed by atoms with E-state index >= 15 is 0 Å². The molecule has 1 aliphatic rings. The molecule has 0 saturated heterocycles. The van der Waals surface area contributed by atoms with Crippen molar-refractivity contribution in [2.75, 3.05) is 0 Å². The Morgan fingerprint density at radius 1 is 0.242 bits per heavy atom. The molecule has 0 fully saturated rings. The molecule has 0 bridgehead atoms. The van der Waals surface area contributed by atoms with Gasteiger partial charge in [-0.25, -0.2) is 4.70 Å². The second-order valence-corrected chi connectivity index (χ2v) is 32.1. The second kappa shape index (κ2) is 68.6. The zero-order valence-corrected chi connectivity index (χ0v) is 69.5. The number of hydrogen-bond donors (Lipinski definition) is 0. The summed E-state index contributed by atoms with van der Waals surface area (Å²) in [6.45, 7) is 23.3. The maximum absolute atomic E-state index is 13.0. The summed E-state index contributed by atoms with van der Waals surface area (Å²) in [6, 6.07) is 10.3. The van der Waals surface area contributed by atoms with Crippen LogP contribution in [0.25, 0.3) is 16.9 Å². The van der Waals surface area contributed by atoms with Gasteiger partial charge in [-0.15, -0.1) is 0 Å². The van der Waals surface area contributed by atoms with Crippen molar-refractivity contribution >= 4 is 11.4 Å². The SMILES string of the molecule is CCCCCCCCCCCCCCCCCC=[CH][Ni][CH]=CCCCCCCCCCCCCCCCCC.CCCCCCc1cc(C2=C(CCCC)C(CCCC)=C(c3cc(CCCCCC)c(CCCCC)c(CCCCCC)c3)[N+]2=[N-])cc(CCCCCC)c1CCCCC. The molecule has 574 valence electrons. The number of allylic oxidation sites excluding steroid dienone is 4. The smallest absolute Gasteiger partial charge is 0.493 e. The summed E-state index contributed by atoms with van der Waals surface area (Å²) in [5.74, 6) is 0. The Kier molecular flexibility index (Phi) is 64.1. The number of hydrogen-bond acceptors (Lipinski definition) is 0. The minimum absolute atomic E-state index is 1.03. The predicted molar refractivity (Wildman–Crippen MR) is 445 cm³/mol. The number of aryl methyl sites for hydroxylation is 4. The van der Waals surface area contributed by atoms with Gasteiger partial charge < -0.3 is 5.53 Å². The molecule has 3 heteroatoms. The number of unbranched alkanes of at least 4 members (excludes halogenated alkanes) is 48. The molecule has 0 aliphatic carbocycles. The van der Waals surface area contributed by atoms with Gasteiger partial charge in [0.15, 0.2) is 0 Å². The zero-order valence-electron chi connectivity index (χ0n) is 68.5. The quantitative estimate of drug-likeness (QED) is 0.0358. The van der Waals surface area contributed by atoms with Gasteiger partial charge in [0.05, 0.1) is 0 Å². The fraction of sp³-hybridized carbons (Fsp3) is 0.792. The first kappa shape index (κ1) is 92.6. The van der Waals surface area contributed by atoms with Crippen LogP contribution in [0.3, 0.4) is 0 Å². The summed E-state index contributed by atoms with van der Waals surface area (Å²) < 4.78 is 1.75. The van der Waals surface area contributed by atoms with Crippen molar-refractivity contribution in [3.05, 3.63) is 108 Å². The average molecular weight is 1410 g/mol. The van der Waals surface area contributed by atoms with Crippen LogP contribution >= 0.6 is 0 Å². The van der Waals surface area contributed by atoms with Gasteiger partial charge in [0, 0.05) is 22.3 Å². The van der Waals surface area contributed by atoms with Crippen LogP contribution in [0.4, 0.5) is 0 Å². The van der Waals surface area contributed by atoms with Gasteiger partial charge in [-0.3, -0.25) is 0 Å². The predicted octanol–water partition coefficient (Wildman–Crippen LogP) is 33.8. The van der Waals surface area contributed by atoms with Crippen LogP contribution in [0.5, 0.6) is 0 Å². The fourth-order valence-corrected chi connectivity index (χ4v) is 16.2. The molecular formula is C96H170N2Ni. The van der Waals surface area contributed by atoms with E-state index in [2.05, 4.69) is 116 Å². The van der Waals surface area contributed by atoms with E-state index in [1.165, 1.54) is 382 Å². The van der Waals surface area contributed by atoms with Gasteiger partial charge in [-0.05, 0) is 160 Å². The van der Waals surface area contributed by atoms with E-state index in [-0.39, 0.29) is 0 Å². The van der Waals surface area contributed by atoms with E-state index in [0.717, 1.165) is 75.6 Å². The van der Waals surface area contributed by atoms with Gasteiger partial charge in [-0.2, -0.15) is 0 Å². The molecule has 3 rings (SSSR count). The normalized spacial score (nSPS) is 12.7. The molecule has 2 aromatic rings. The third-order valence-corrected chi connectivity index (χ3v) is 22.7. The molecular weight excluding hydrogens is 1240 g/mol. The first-order chi connectivity index (χ1) is 48.8. The second-order valence-electron chi connectivity index (χ2n) is 31.1. The number of nitrogens with zero attached hydrogens (tertiary/aromatic N) is 2. The molecule has 1 heterocycles. The van der Waals surface area contributed by atoms with Crippen LogP contribution in [0, 0.1) is 0 Å². The molecule has 0 aromatic heterocycles. The van der Waals surface area contributed by atoms with E-state index in [9.17, 15) is 5.53 Å². The minimum atomic E-state index is 1.03. The van der Waals surface area contributed by atoms with Gasteiger partial charge in [0.2, 0.25) is 11.4 Å². The standard InChI is InChI=1S/C58H96N2.2C19H37.Ni/c1-9-17-25-31-35-47-43-51(44-48(36-32-26-18-10-2)53(47)41-29-21-13-5)57-55(39-23-15-7)56(40-24-16-8)58(60(57)59)52-45-49(37-33-27-19-11-3)54(42-30-22-14-6)50(46-52)38-34-28-20-12-4;2*1-3-5-7-9-11-13-15-17-19-18-16-14-12-10-8-6-4-2;/h43-46H,9-42H2,1-8H3;2*1,3H,4-19H2,2H3;. The monoisotopic (exact) mass is 1410 g/mol. The van der Waals surface area contributed by atoms with Crippen molar-refractivity contribution in [3.8, 4) is 0 Å². The van der Waals surface area contributed by atoms with Crippen molar-refractivity contribution in [2.24, 2.45) is 0 Å². The van der Waals surface area contributed by atoms with Crippen LogP contribution in [0.2, 0.25) is 0 Å². The third kappa shape index (κ3) is 45.5. The third-order valence-electron chi connectivity index (χ3n) is 21.8. The molecule has 2 nitrogen and oxygen atoms in total. The molecule has 0 amide bonds. The van der Waals surface area contributed by atoms with Crippen LogP contribution < -0.4 is 0 Å². The summed E-state index contributed by atoms with van der Waals surface area (Å²) in [7, 11) is 0. The molecule has 99 heavy (non-hydrogen) atoms. The maximum atomic E-state index is 13.0. The van der Waals surface area contributed by atoms with E-state index in [4.69, 9.17) is 0 Å². The van der Waals surface area contributed by atoms with E-state index in [1.54, 1.807) is 52.5 Å². The topological polar surface area (TPSA) is 25.3 Å². The fourth-order valence-electron chi connectivity index (χ4n) is 15.5. The van der Waals surface area contributed by atoms with Gasteiger partial charge in [0.1, 0.15) is 0 Å². The van der Waals surface area contributed by atoms with Crippen molar-refractivity contribution in [3.63, 3.8) is 0 Å². The Hall–Kier alpha value is -2.51. The van der Waals surface area contributed by atoms with Gasteiger partial charge in [-0.1, -0.05) is 262 Å². The van der Waals surface area contributed by atoms with Crippen molar-refractivity contribution in [2.45, 2.75) is 493 Å². The van der Waals surface area contributed by atoms with Gasteiger partial charge in [0.25, 0.3) is 0 Å². The Morgan fingerprint density at radius 3 is 0.687 bits per heavy atom. The Bertz CT molecular complexity index is 2080. The molecule has 0 radical (unpaired) electrons. The molecule has 2 aromatic carbocycles. The minimum Gasteiger partial charge on any atom is -0.493 e. The first-order valence-corrected chi connectivity index (χ1v) is 46.1. The van der Waals surface area contributed by atoms with E-state index in [0.29, 0.717) is 0 Å². The molecule has 0 saturated carbocycles. The van der Waals surface area contributed by atoms with Crippen LogP contribution in [-0.4, -0.2) is 4.70 Å². The van der Waals surface area contributed by atoms with Crippen molar-refractivity contribution in [1.29, 1.82) is 0 Å². The summed E-state index contributed by atoms with van der Waals surface area (Å²) in [4.78, 5) is 0. The number of benzene rings is 2. The van der Waals surface area contributed by atoms with Gasteiger partial charge >= 0.3 is 165 Å². The molecule has 0 atom stereocenters. The summed E-state index contributed by atoms with van der Waals surface area (Å²) >= 11 is 1.68. The first-order valence-electron chi connectivity index (χ1n) is 45.0. The molecule has 1 aliphatic heterocycles.